The van der Waals surface area contributed by atoms with Crippen molar-refractivity contribution in [2.75, 3.05) is 0 Å². The van der Waals surface area contributed by atoms with E-state index in [-0.39, 0.29) is 0 Å². The number of hydrogen-bond acceptors (Lipinski definition) is 2. The first-order chi connectivity index (χ1) is 7.25. The van der Waals surface area contributed by atoms with Gasteiger partial charge in [-0.1, -0.05) is 15.9 Å². The van der Waals surface area contributed by atoms with Gasteiger partial charge in [0.25, 0.3) is 0 Å². The lowest BCUT2D eigenvalue weighted by molar-refractivity contribution is 0.131. The van der Waals surface area contributed by atoms with Crippen LogP contribution in [0.2, 0.25) is 0 Å². The molecule has 1 aliphatic rings. The van der Waals surface area contributed by atoms with Crippen LogP contribution in [-0.2, 0) is 6.42 Å². The van der Waals surface area contributed by atoms with Gasteiger partial charge in [-0.15, -0.1) is 0 Å². The van der Waals surface area contributed by atoms with Gasteiger partial charge in [-0.25, -0.2) is 0 Å². The number of hydrogen-bond donors (Lipinski definition) is 1. The van der Waals surface area contributed by atoms with Crippen molar-refractivity contribution >= 4 is 26.9 Å². The summed E-state index contributed by atoms with van der Waals surface area (Å²) in [6.45, 7) is 0. The fourth-order valence-electron chi connectivity index (χ4n) is 2.27. The molecular formula is C12H11BrO2. The molecule has 1 atom stereocenters. The van der Waals surface area contributed by atoms with Gasteiger partial charge in [-0.2, -0.15) is 0 Å². The van der Waals surface area contributed by atoms with E-state index in [4.69, 9.17) is 4.42 Å². The molecule has 0 bridgehead atoms. The normalized spacial score (nSPS) is 20.5. The van der Waals surface area contributed by atoms with Gasteiger partial charge in [-0.05, 0) is 37.5 Å². The third kappa shape index (κ3) is 1.42. The first-order valence-corrected chi connectivity index (χ1v) is 5.94. The standard InChI is InChI=1S/C12H11BrO2/c13-7-4-5-11-9(6-7)8-2-1-3-10(14)12(8)15-11/h4-6,10,14H,1-3H2. The van der Waals surface area contributed by atoms with Crippen LogP contribution in [0, 0.1) is 0 Å². The molecular weight excluding hydrogens is 256 g/mol. The van der Waals surface area contributed by atoms with Crippen molar-refractivity contribution in [1.82, 2.24) is 0 Å². The van der Waals surface area contributed by atoms with E-state index in [9.17, 15) is 5.11 Å². The van der Waals surface area contributed by atoms with E-state index in [1.54, 1.807) is 0 Å². The first-order valence-electron chi connectivity index (χ1n) is 5.14. The Balaban J connectivity index is 2.31. The highest BCUT2D eigenvalue weighted by atomic mass is 79.9. The lowest BCUT2D eigenvalue weighted by Crippen LogP contribution is -2.06. The summed E-state index contributed by atoms with van der Waals surface area (Å²) in [6, 6.07) is 5.98. The molecule has 0 aliphatic heterocycles. The zero-order valence-corrected chi connectivity index (χ0v) is 9.75. The monoisotopic (exact) mass is 266 g/mol. The van der Waals surface area contributed by atoms with Crippen LogP contribution >= 0.6 is 15.9 Å². The molecule has 0 radical (unpaired) electrons. The van der Waals surface area contributed by atoms with E-state index >= 15 is 0 Å². The Morgan fingerprint density at radius 1 is 1.40 bits per heavy atom. The summed E-state index contributed by atoms with van der Waals surface area (Å²) in [4.78, 5) is 0. The van der Waals surface area contributed by atoms with Crippen molar-refractivity contribution in [2.24, 2.45) is 0 Å². The number of benzene rings is 1. The van der Waals surface area contributed by atoms with Gasteiger partial charge in [0.2, 0.25) is 0 Å². The lowest BCUT2D eigenvalue weighted by atomic mass is 9.94. The molecule has 2 nitrogen and oxygen atoms in total. The minimum atomic E-state index is -0.417. The lowest BCUT2D eigenvalue weighted by Gasteiger charge is -2.15. The van der Waals surface area contributed by atoms with Gasteiger partial charge in [-0.3, -0.25) is 0 Å². The molecule has 2 aromatic rings. The Labute approximate surface area is 96.0 Å². The van der Waals surface area contributed by atoms with Gasteiger partial charge in [0.1, 0.15) is 17.4 Å². The third-order valence-corrected chi connectivity index (χ3v) is 3.48. The quantitative estimate of drug-likeness (QED) is 0.791. The summed E-state index contributed by atoms with van der Waals surface area (Å²) in [7, 11) is 0. The predicted octanol–water partition coefficient (Wildman–Crippen LogP) is 3.57. The van der Waals surface area contributed by atoms with Crippen molar-refractivity contribution in [3.8, 4) is 0 Å². The summed E-state index contributed by atoms with van der Waals surface area (Å²) in [6.07, 6.45) is 2.44. The number of aliphatic hydroxyl groups is 1. The van der Waals surface area contributed by atoms with Crippen LogP contribution in [0.3, 0.4) is 0 Å². The predicted molar refractivity (Wildman–Crippen MR) is 61.8 cm³/mol. The average molecular weight is 267 g/mol. The molecule has 3 rings (SSSR count). The zero-order chi connectivity index (χ0) is 10.4. The summed E-state index contributed by atoms with van der Waals surface area (Å²) in [5, 5.41) is 11.0. The van der Waals surface area contributed by atoms with E-state index in [0.29, 0.717) is 0 Å². The van der Waals surface area contributed by atoms with Crippen molar-refractivity contribution in [3.05, 3.63) is 34.0 Å². The second-order valence-corrected chi connectivity index (χ2v) is 4.91. The molecule has 1 unspecified atom stereocenters. The first kappa shape index (κ1) is 9.43. The molecule has 0 spiro atoms. The zero-order valence-electron chi connectivity index (χ0n) is 8.16. The fraction of sp³-hybridized carbons (Fsp3) is 0.333. The Morgan fingerprint density at radius 2 is 2.27 bits per heavy atom. The van der Waals surface area contributed by atoms with Gasteiger partial charge in [0, 0.05) is 15.4 Å². The van der Waals surface area contributed by atoms with Crippen molar-refractivity contribution in [3.63, 3.8) is 0 Å². The summed E-state index contributed by atoms with van der Waals surface area (Å²) in [5.41, 5.74) is 2.06. The highest BCUT2D eigenvalue weighted by molar-refractivity contribution is 9.10. The van der Waals surface area contributed by atoms with E-state index in [0.717, 1.165) is 40.5 Å². The molecule has 1 aromatic heterocycles. The van der Waals surface area contributed by atoms with E-state index in [1.165, 1.54) is 5.56 Å². The van der Waals surface area contributed by atoms with E-state index in [2.05, 4.69) is 22.0 Å². The number of aliphatic hydroxyl groups excluding tert-OH is 1. The molecule has 15 heavy (non-hydrogen) atoms. The Bertz CT molecular complexity index is 516. The van der Waals surface area contributed by atoms with Crippen molar-refractivity contribution < 1.29 is 9.52 Å². The number of aryl methyl sites for hydroxylation is 1. The SMILES string of the molecule is OC1CCCc2c1oc1ccc(Br)cc21. The second-order valence-electron chi connectivity index (χ2n) is 3.99. The van der Waals surface area contributed by atoms with Gasteiger partial charge in [0.15, 0.2) is 0 Å². The van der Waals surface area contributed by atoms with Crippen LogP contribution in [-0.4, -0.2) is 5.11 Å². The Kier molecular flexibility index (Phi) is 2.11. The van der Waals surface area contributed by atoms with Crippen LogP contribution < -0.4 is 0 Å². The maximum atomic E-state index is 9.83. The third-order valence-electron chi connectivity index (χ3n) is 2.99. The number of halogens is 1. The van der Waals surface area contributed by atoms with Crippen LogP contribution in [0.4, 0.5) is 0 Å². The second kappa shape index (κ2) is 3.35. The van der Waals surface area contributed by atoms with Crippen molar-refractivity contribution in [1.29, 1.82) is 0 Å². The molecule has 1 heterocycles. The van der Waals surface area contributed by atoms with E-state index in [1.807, 2.05) is 12.1 Å². The molecule has 0 amide bonds. The highest BCUT2D eigenvalue weighted by Gasteiger charge is 2.24. The molecule has 1 aromatic carbocycles. The maximum Gasteiger partial charge on any atom is 0.136 e. The molecule has 1 aliphatic carbocycles. The molecule has 0 saturated carbocycles. The minimum absolute atomic E-state index is 0.417. The number of fused-ring (bicyclic) bond motifs is 3. The number of furan rings is 1. The minimum Gasteiger partial charge on any atom is -0.458 e. The summed E-state index contributed by atoms with van der Waals surface area (Å²) < 4.78 is 6.74. The summed E-state index contributed by atoms with van der Waals surface area (Å²) in [5.74, 6) is 0.773. The topological polar surface area (TPSA) is 33.4 Å². The maximum absolute atomic E-state index is 9.83. The Morgan fingerprint density at radius 3 is 3.13 bits per heavy atom. The van der Waals surface area contributed by atoms with E-state index < -0.39 is 6.10 Å². The molecule has 0 fully saturated rings. The van der Waals surface area contributed by atoms with Gasteiger partial charge in [0.05, 0.1) is 0 Å². The van der Waals surface area contributed by atoms with Crippen LogP contribution in [0.15, 0.2) is 27.1 Å². The van der Waals surface area contributed by atoms with Crippen LogP contribution in [0.5, 0.6) is 0 Å². The van der Waals surface area contributed by atoms with Gasteiger partial charge >= 0.3 is 0 Å². The van der Waals surface area contributed by atoms with Crippen LogP contribution in [0.25, 0.3) is 11.0 Å². The molecule has 0 saturated heterocycles. The van der Waals surface area contributed by atoms with Crippen molar-refractivity contribution in [2.45, 2.75) is 25.4 Å². The smallest absolute Gasteiger partial charge is 0.136 e. The fourth-order valence-corrected chi connectivity index (χ4v) is 2.63. The largest absolute Gasteiger partial charge is 0.458 e. The molecule has 3 heteroatoms. The molecule has 78 valence electrons. The molecule has 1 N–H and O–H groups in total. The average Bonchev–Trinajstić information content (AvgIpc) is 2.58. The van der Waals surface area contributed by atoms with Crippen LogP contribution in [0.1, 0.15) is 30.3 Å². The number of rotatable bonds is 0. The Hall–Kier alpha value is -0.800. The summed E-state index contributed by atoms with van der Waals surface area (Å²) >= 11 is 3.46. The highest BCUT2D eigenvalue weighted by Crippen LogP contribution is 2.37. The van der Waals surface area contributed by atoms with Gasteiger partial charge < -0.3 is 9.52 Å².